The number of hydrogen-bond acceptors (Lipinski definition) is 3. The molecule has 100 valence electrons. The zero-order chi connectivity index (χ0) is 13.7. The van der Waals surface area contributed by atoms with Crippen LogP contribution in [0.5, 0.6) is 0 Å². The summed E-state index contributed by atoms with van der Waals surface area (Å²) in [4.78, 5) is 8.76. The molecule has 1 heterocycles. The van der Waals surface area contributed by atoms with Crippen molar-refractivity contribution < 1.29 is 5.11 Å². The number of rotatable bonds is 5. The molecule has 0 spiro atoms. The fourth-order valence-electron chi connectivity index (χ4n) is 1.96. The summed E-state index contributed by atoms with van der Waals surface area (Å²) in [7, 11) is 0. The number of aryl methyl sites for hydroxylation is 1. The van der Waals surface area contributed by atoms with Gasteiger partial charge in [-0.2, -0.15) is 0 Å². The van der Waals surface area contributed by atoms with Gasteiger partial charge in [-0.1, -0.05) is 38.1 Å². The molecule has 0 aliphatic carbocycles. The topological polar surface area (TPSA) is 46.0 Å². The van der Waals surface area contributed by atoms with Gasteiger partial charge in [0.15, 0.2) is 0 Å². The molecule has 1 N–H and O–H groups in total. The fraction of sp³-hybridized carbons (Fsp3) is 0.375. The molecule has 3 heteroatoms. The highest BCUT2D eigenvalue weighted by atomic mass is 16.2. The van der Waals surface area contributed by atoms with Gasteiger partial charge in [0.2, 0.25) is 0 Å². The van der Waals surface area contributed by atoms with Crippen molar-refractivity contribution in [2.75, 3.05) is 6.61 Å². The summed E-state index contributed by atoms with van der Waals surface area (Å²) in [5.74, 6) is 1.33. The molecule has 1 aromatic carbocycles. The monoisotopic (exact) mass is 256 g/mol. The standard InChI is InChI=1S/C16H20N2O/c1-12(2)13-5-7-14(8-6-13)15-9-10-17-16(18-15)4-3-11-19/h5-10,12,19H,3-4,11H2,1-2H3. The molecule has 0 unspecified atom stereocenters. The van der Waals surface area contributed by atoms with Crippen molar-refractivity contribution in [3.05, 3.63) is 47.9 Å². The van der Waals surface area contributed by atoms with E-state index < -0.39 is 0 Å². The van der Waals surface area contributed by atoms with Gasteiger partial charge in [0.25, 0.3) is 0 Å². The molecule has 0 saturated carbocycles. The Labute approximate surface area is 114 Å². The first-order valence-corrected chi connectivity index (χ1v) is 6.74. The minimum Gasteiger partial charge on any atom is -0.396 e. The molecule has 0 radical (unpaired) electrons. The van der Waals surface area contributed by atoms with Crippen LogP contribution in [0.2, 0.25) is 0 Å². The highest BCUT2D eigenvalue weighted by Gasteiger charge is 2.04. The summed E-state index contributed by atoms with van der Waals surface area (Å²) in [5.41, 5.74) is 3.38. The molecule has 0 fully saturated rings. The van der Waals surface area contributed by atoms with E-state index in [4.69, 9.17) is 5.11 Å². The first-order valence-electron chi connectivity index (χ1n) is 6.74. The van der Waals surface area contributed by atoms with Gasteiger partial charge in [-0.05, 0) is 24.0 Å². The maximum atomic E-state index is 8.84. The number of aliphatic hydroxyl groups excluding tert-OH is 1. The third-order valence-corrected chi connectivity index (χ3v) is 3.14. The molecule has 0 saturated heterocycles. The van der Waals surface area contributed by atoms with E-state index in [1.807, 2.05) is 6.07 Å². The molecule has 0 aliphatic heterocycles. The Balaban J connectivity index is 2.21. The molecule has 3 nitrogen and oxygen atoms in total. The fourth-order valence-corrected chi connectivity index (χ4v) is 1.96. The van der Waals surface area contributed by atoms with E-state index in [1.54, 1.807) is 6.20 Å². The van der Waals surface area contributed by atoms with Crippen LogP contribution in [0.3, 0.4) is 0 Å². The molecule has 2 aromatic rings. The smallest absolute Gasteiger partial charge is 0.129 e. The first kappa shape index (κ1) is 13.7. The molecule has 2 rings (SSSR count). The third kappa shape index (κ3) is 3.61. The second-order valence-electron chi connectivity index (χ2n) is 4.96. The van der Waals surface area contributed by atoms with E-state index in [0.29, 0.717) is 18.8 Å². The number of hydrogen-bond donors (Lipinski definition) is 1. The van der Waals surface area contributed by atoms with Crippen LogP contribution in [-0.2, 0) is 6.42 Å². The van der Waals surface area contributed by atoms with Crippen LogP contribution < -0.4 is 0 Å². The Morgan fingerprint density at radius 1 is 1.11 bits per heavy atom. The van der Waals surface area contributed by atoms with Crippen LogP contribution in [0.15, 0.2) is 36.5 Å². The van der Waals surface area contributed by atoms with E-state index in [-0.39, 0.29) is 6.61 Å². The first-order chi connectivity index (χ1) is 9.20. The van der Waals surface area contributed by atoms with E-state index in [2.05, 4.69) is 48.1 Å². The summed E-state index contributed by atoms with van der Waals surface area (Å²) < 4.78 is 0. The third-order valence-electron chi connectivity index (χ3n) is 3.14. The molecule has 0 aliphatic rings. The average Bonchev–Trinajstić information content (AvgIpc) is 2.45. The van der Waals surface area contributed by atoms with Gasteiger partial charge in [-0.3, -0.25) is 0 Å². The minimum absolute atomic E-state index is 0.177. The predicted molar refractivity (Wildman–Crippen MR) is 77.0 cm³/mol. The van der Waals surface area contributed by atoms with Crippen LogP contribution in [0.25, 0.3) is 11.3 Å². The second-order valence-corrected chi connectivity index (χ2v) is 4.96. The highest BCUT2D eigenvalue weighted by molar-refractivity contribution is 5.59. The van der Waals surface area contributed by atoms with E-state index >= 15 is 0 Å². The molecule has 0 bridgehead atoms. The van der Waals surface area contributed by atoms with Crippen LogP contribution in [-0.4, -0.2) is 21.7 Å². The van der Waals surface area contributed by atoms with Gasteiger partial charge in [0, 0.05) is 24.8 Å². The summed E-state index contributed by atoms with van der Waals surface area (Å²) in [6.07, 6.45) is 3.20. The maximum Gasteiger partial charge on any atom is 0.129 e. The number of aromatic nitrogens is 2. The quantitative estimate of drug-likeness (QED) is 0.893. The molecule has 0 amide bonds. The SMILES string of the molecule is CC(C)c1ccc(-c2ccnc(CCCO)n2)cc1. The van der Waals surface area contributed by atoms with Gasteiger partial charge in [0.1, 0.15) is 5.82 Å². The van der Waals surface area contributed by atoms with Crippen molar-refractivity contribution in [1.82, 2.24) is 9.97 Å². The van der Waals surface area contributed by atoms with Crippen LogP contribution in [0.1, 0.15) is 37.6 Å². The van der Waals surface area contributed by atoms with Crippen LogP contribution in [0, 0.1) is 0 Å². The van der Waals surface area contributed by atoms with Crippen LogP contribution in [0.4, 0.5) is 0 Å². The van der Waals surface area contributed by atoms with Crippen molar-refractivity contribution >= 4 is 0 Å². The Kier molecular flexibility index (Phi) is 4.63. The van der Waals surface area contributed by atoms with Crippen molar-refractivity contribution in [2.45, 2.75) is 32.6 Å². The highest BCUT2D eigenvalue weighted by Crippen LogP contribution is 2.21. The molecular weight excluding hydrogens is 236 g/mol. The van der Waals surface area contributed by atoms with E-state index in [1.165, 1.54) is 5.56 Å². The molecule has 1 aromatic heterocycles. The van der Waals surface area contributed by atoms with E-state index in [9.17, 15) is 0 Å². The normalized spacial score (nSPS) is 10.9. The lowest BCUT2D eigenvalue weighted by atomic mass is 10.0. The van der Waals surface area contributed by atoms with Gasteiger partial charge in [-0.15, -0.1) is 0 Å². The molecule has 0 atom stereocenters. The lowest BCUT2D eigenvalue weighted by Crippen LogP contribution is -1.98. The van der Waals surface area contributed by atoms with Crippen molar-refractivity contribution in [3.63, 3.8) is 0 Å². The van der Waals surface area contributed by atoms with Gasteiger partial charge in [0.05, 0.1) is 5.69 Å². The number of aliphatic hydroxyl groups is 1. The van der Waals surface area contributed by atoms with Crippen molar-refractivity contribution in [1.29, 1.82) is 0 Å². The largest absolute Gasteiger partial charge is 0.396 e. The summed E-state index contributed by atoms with van der Waals surface area (Å²) in [5, 5.41) is 8.84. The minimum atomic E-state index is 0.177. The maximum absolute atomic E-state index is 8.84. The Morgan fingerprint density at radius 2 is 1.84 bits per heavy atom. The van der Waals surface area contributed by atoms with Crippen molar-refractivity contribution in [3.8, 4) is 11.3 Å². The zero-order valence-electron chi connectivity index (χ0n) is 11.5. The Hall–Kier alpha value is -1.74. The predicted octanol–water partition coefficient (Wildman–Crippen LogP) is 3.19. The molecule has 19 heavy (non-hydrogen) atoms. The number of benzene rings is 1. The lowest BCUT2D eigenvalue weighted by molar-refractivity contribution is 0.287. The van der Waals surface area contributed by atoms with Crippen LogP contribution >= 0.6 is 0 Å². The second kappa shape index (κ2) is 6.43. The average molecular weight is 256 g/mol. The van der Waals surface area contributed by atoms with Gasteiger partial charge in [-0.25, -0.2) is 9.97 Å². The summed E-state index contributed by atoms with van der Waals surface area (Å²) in [6, 6.07) is 10.4. The Bertz CT molecular complexity index is 521. The number of nitrogens with zero attached hydrogens (tertiary/aromatic N) is 2. The lowest BCUT2D eigenvalue weighted by Gasteiger charge is -2.07. The Morgan fingerprint density at radius 3 is 2.47 bits per heavy atom. The summed E-state index contributed by atoms with van der Waals surface area (Å²) >= 11 is 0. The summed E-state index contributed by atoms with van der Waals surface area (Å²) in [6.45, 7) is 4.55. The van der Waals surface area contributed by atoms with E-state index in [0.717, 1.165) is 17.1 Å². The molecular formula is C16H20N2O. The van der Waals surface area contributed by atoms with Crippen molar-refractivity contribution in [2.24, 2.45) is 0 Å². The zero-order valence-corrected chi connectivity index (χ0v) is 11.5. The van der Waals surface area contributed by atoms with Gasteiger partial charge < -0.3 is 5.11 Å². The van der Waals surface area contributed by atoms with Gasteiger partial charge >= 0.3 is 0 Å².